The second-order valence-corrected chi connectivity index (χ2v) is 6.68. The highest BCUT2D eigenvalue weighted by molar-refractivity contribution is 9.09. The Kier molecular flexibility index (Phi) is 4.27. The maximum absolute atomic E-state index is 3.62. The molecule has 6 heteroatoms. The van der Waals surface area contributed by atoms with Gasteiger partial charge in [0.05, 0.1) is 6.54 Å². The molecule has 2 nitrogen and oxygen atoms in total. The van der Waals surface area contributed by atoms with E-state index in [2.05, 4.69) is 33.0 Å². The third-order valence-corrected chi connectivity index (χ3v) is 5.42. The molecular formula is C6H10Br2N2S2. The van der Waals surface area contributed by atoms with Gasteiger partial charge in [-0.3, -0.25) is 0 Å². The van der Waals surface area contributed by atoms with Crippen LogP contribution in [0.5, 0.6) is 0 Å². The van der Waals surface area contributed by atoms with Crippen molar-refractivity contribution in [3.05, 3.63) is 0 Å². The van der Waals surface area contributed by atoms with Gasteiger partial charge >= 0.3 is 0 Å². The normalized spacial score (nSPS) is 33.8. The number of hydrogen-bond donors (Lipinski definition) is 1. The van der Waals surface area contributed by atoms with Crippen LogP contribution in [0.25, 0.3) is 0 Å². The summed E-state index contributed by atoms with van der Waals surface area (Å²) < 4.78 is 0.615. The highest BCUT2D eigenvalue weighted by Crippen LogP contribution is 2.33. The van der Waals surface area contributed by atoms with Crippen molar-refractivity contribution in [1.29, 1.82) is 0 Å². The third kappa shape index (κ3) is 2.33. The summed E-state index contributed by atoms with van der Waals surface area (Å²) in [7, 11) is 0. The molecule has 1 fully saturated rings. The molecule has 2 heterocycles. The van der Waals surface area contributed by atoms with Crippen LogP contribution < -0.4 is 22.1 Å². The molecule has 0 bridgehead atoms. The Morgan fingerprint density at radius 2 is 2.42 bits per heavy atom. The van der Waals surface area contributed by atoms with Gasteiger partial charge in [0.2, 0.25) is 5.04 Å². The first kappa shape index (κ1) is 11.2. The molecule has 0 spiro atoms. The van der Waals surface area contributed by atoms with Crippen LogP contribution >= 0.6 is 39.5 Å². The van der Waals surface area contributed by atoms with Gasteiger partial charge in [0, 0.05) is 17.5 Å². The number of hydrazine groups is 1. The SMILES string of the molecule is CC1=[NH+]N2CC(Br)CSC2S1.[Br-]. The van der Waals surface area contributed by atoms with Crippen LogP contribution in [-0.4, -0.2) is 31.9 Å². The van der Waals surface area contributed by atoms with Gasteiger partial charge in [-0.1, -0.05) is 15.9 Å². The van der Waals surface area contributed by atoms with Crippen molar-refractivity contribution in [2.75, 3.05) is 12.3 Å². The van der Waals surface area contributed by atoms with Gasteiger partial charge in [0.25, 0.3) is 0 Å². The summed E-state index contributed by atoms with van der Waals surface area (Å²) >= 11 is 7.55. The molecule has 0 aromatic heterocycles. The monoisotopic (exact) mass is 332 g/mol. The number of nitrogens with one attached hydrogen (secondary N) is 1. The minimum absolute atomic E-state index is 0. The summed E-state index contributed by atoms with van der Waals surface area (Å²) in [6.45, 7) is 3.24. The van der Waals surface area contributed by atoms with E-state index in [1.165, 1.54) is 10.8 Å². The Hall–Kier alpha value is 1.13. The molecule has 0 aromatic carbocycles. The van der Waals surface area contributed by atoms with Gasteiger partial charge in [0.1, 0.15) is 0 Å². The van der Waals surface area contributed by atoms with E-state index in [1.807, 2.05) is 23.5 Å². The van der Waals surface area contributed by atoms with E-state index >= 15 is 0 Å². The van der Waals surface area contributed by atoms with Crippen LogP contribution in [0.15, 0.2) is 0 Å². The van der Waals surface area contributed by atoms with Gasteiger partial charge in [-0.2, -0.15) is 5.01 Å². The molecule has 0 amide bonds. The molecule has 2 aliphatic rings. The van der Waals surface area contributed by atoms with Crippen molar-refractivity contribution in [1.82, 2.24) is 5.01 Å². The van der Waals surface area contributed by atoms with Crippen molar-refractivity contribution in [2.24, 2.45) is 0 Å². The van der Waals surface area contributed by atoms with Crippen molar-refractivity contribution >= 4 is 44.5 Å². The van der Waals surface area contributed by atoms with Gasteiger partial charge < -0.3 is 17.0 Å². The molecule has 70 valence electrons. The minimum atomic E-state index is 0. The predicted molar refractivity (Wildman–Crippen MR) is 54.9 cm³/mol. The fourth-order valence-electron chi connectivity index (χ4n) is 1.20. The van der Waals surface area contributed by atoms with Crippen LogP contribution in [-0.2, 0) is 0 Å². The number of thioether (sulfide) groups is 2. The predicted octanol–water partition coefficient (Wildman–Crippen LogP) is -2.75. The average Bonchev–Trinajstić information content (AvgIpc) is 2.27. The van der Waals surface area contributed by atoms with Crippen LogP contribution in [0.3, 0.4) is 0 Å². The number of nitrogens with zero attached hydrogens (tertiary/aromatic N) is 1. The quantitative estimate of drug-likeness (QED) is 0.484. The largest absolute Gasteiger partial charge is 1.00 e. The van der Waals surface area contributed by atoms with E-state index in [0.717, 1.165) is 6.54 Å². The van der Waals surface area contributed by atoms with Crippen molar-refractivity contribution in [3.8, 4) is 0 Å². The van der Waals surface area contributed by atoms with Crippen LogP contribution in [0.2, 0.25) is 0 Å². The summed E-state index contributed by atoms with van der Waals surface area (Å²) in [6, 6.07) is 0. The molecule has 2 atom stereocenters. The van der Waals surface area contributed by atoms with E-state index in [-0.39, 0.29) is 17.0 Å². The van der Waals surface area contributed by atoms with Crippen LogP contribution in [0, 0.1) is 0 Å². The highest BCUT2D eigenvalue weighted by Gasteiger charge is 2.36. The number of halogens is 2. The zero-order valence-electron chi connectivity index (χ0n) is 6.59. The third-order valence-electron chi connectivity index (χ3n) is 1.65. The first-order valence-corrected chi connectivity index (χ1v) is 6.39. The van der Waals surface area contributed by atoms with E-state index in [1.54, 1.807) is 0 Å². The highest BCUT2D eigenvalue weighted by atomic mass is 79.9. The van der Waals surface area contributed by atoms with Gasteiger partial charge in [-0.25, -0.2) is 0 Å². The Morgan fingerprint density at radius 3 is 3.17 bits per heavy atom. The summed E-state index contributed by atoms with van der Waals surface area (Å²) in [6.07, 6.45) is 0. The number of fused-ring (bicyclic) bond motifs is 1. The summed E-state index contributed by atoms with van der Waals surface area (Å²) in [5, 5.41) is 6.97. The summed E-state index contributed by atoms with van der Waals surface area (Å²) in [5.41, 5.74) is 0. The number of hydrazone groups is 1. The zero-order chi connectivity index (χ0) is 7.84. The van der Waals surface area contributed by atoms with Gasteiger partial charge in [-0.15, -0.1) is 16.9 Å². The van der Waals surface area contributed by atoms with E-state index in [4.69, 9.17) is 0 Å². The average molecular weight is 334 g/mol. The molecule has 2 aliphatic heterocycles. The second-order valence-electron chi connectivity index (χ2n) is 2.68. The molecule has 0 radical (unpaired) electrons. The fraction of sp³-hybridized carbons (Fsp3) is 0.833. The summed E-state index contributed by atoms with van der Waals surface area (Å²) in [5.74, 6) is 1.23. The molecule has 0 aromatic rings. The van der Waals surface area contributed by atoms with Gasteiger partial charge in [-0.05, 0) is 11.8 Å². The van der Waals surface area contributed by atoms with Crippen LogP contribution in [0.4, 0.5) is 0 Å². The standard InChI is InChI=1S/C6H9BrN2S2.BrH/c1-4-8-9-2-5(7)3-10-6(9)11-4;/h5-6H,2-3H2,1H3;1H. The van der Waals surface area contributed by atoms with E-state index in [9.17, 15) is 0 Å². The lowest BCUT2D eigenvalue weighted by Gasteiger charge is -2.25. The topological polar surface area (TPSA) is 17.2 Å². The first-order chi connectivity index (χ1) is 5.25. The second kappa shape index (κ2) is 4.57. The maximum Gasteiger partial charge on any atom is 0.237 e. The number of rotatable bonds is 0. The Balaban J connectivity index is 0.000000720. The smallest absolute Gasteiger partial charge is 0.237 e. The van der Waals surface area contributed by atoms with Gasteiger partial charge in [0.15, 0.2) is 4.71 Å². The molecule has 2 unspecified atom stereocenters. The molecule has 0 aliphatic carbocycles. The van der Waals surface area contributed by atoms with Crippen molar-refractivity contribution in [2.45, 2.75) is 16.5 Å². The lowest BCUT2D eigenvalue weighted by atomic mass is 10.5. The molecule has 1 saturated heterocycles. The number of alkyl halides is 1. The molecule has 0 saturated carbocycles. The van der Waals surface area contributed by atoms with Crippen molar-refractivity contribution in [3.63, 3.8) is 0 Å². The summed E-state index contributed by atoms with van der Waals surface area (Å²) in [4.78, 5) is 0.641. The zero-order valence-corrected chi connectivity index (χ0v) is 11.4. The maximum atomic E-state index is 3.62. The molecule has 12 heavy (non-hydrogen) atoms. The van der Waals surface area contributed by atoms with E-state index < -0.39 is 0 Å². The first-order valence-electron chi connectivity index (χ1n) is 3.55. The molecular weight excluding hydrogens is 324 g/mol. The minimum Gasteiger partial charge on any atom is -1.00 e. The fourth-order valence-corrected chi connectivity index (χ4v) is 4.45. The molecule has 1 N–H and O–H groups in total. The Morgan fingerprint density at radius 1 is 1.67 bits per heavy atom. The van der Waals surface area contributed by atoms with Crippen molar-refractivity contribution < 1.29 is 22.1 Å². The lowest BCUT2D eigenvalue weighted by Crippen LogP contribution is -3.00. The number of hydrogen-bond acceptors (Lipinski definition) is 3. The lowest BCUT2D eigenvalue weighted by molar-refractivity contribution is -0.637. The Labute approximate surface area is 99.8 Å². The van der Waals surface area contributed by atoms with E-state index in [0.29, 0.717) is 9.53 Å². The van der Waals surface area contributed by atoms with Crippen LogP contribution in [0.1, 0.15) is 6.92 Å². The molecule has 2 rings (SSSR count). The Bertz CT molecular complexity index is 200.